The largest absolute Gasteiger partial charge is 0.378 e. The van der Waals surface area contributed by atoms with Gasteiger partial charge in [0.05, 0.1) is 34.2 Å². The van der Waals surface area contributed by atoms with Gasteiger partial charge in [-0.2, -0.15) is 10.4 Å². The molecule has 0 atom stereocenters. The quantitative estimate of drug-likeness (QED) is 0.930. The number of nitrogens with zero attached hydrogens (tertiary/aromatic N) is 3. The van der Waals surface area contributed by atoms with Crippen LogP contribution in [0, 0.1) is 18.3 Å². The lowest BCUT2D eigenvalue weighted by atomic mass is 10.2. The van der Waals surface area contributed by atoms with Crippen molar-refractivity contribution in [1.29, 1.82) is 5.26 Å². The van der Waals surface area contributed by atoms with Gasteiger partial charge in [0.25, 0.3) is 0 Å². The van der Waals surface area contributed by atoms with E-state index in [4.69, 9.17) is 16.9 Å². The number of halogens is 1. The van der Waals surface area contributed by atoms with E-state index in [1.54, 1.807) is 6.07 Å². The number of anilines is 1. The van der Waals surface area contributed by atoms with Gasteiger partial charge in [0, 0.05) is 6.54 Å². The summed E-state index contributed by atoms with van der Waals surface area (Å²) in [7, 11) is 0. The molecule has 0 fully saturated rings. The number of aromatic nitrogens is 2. The minimum absolute atomic E-state index is 0.548. The molecule has 1 heterocycles. The molecule has 1 N–H and O–H groups in total. The molecule has 4 nitrogen and oxygen atoms in total. The summed E-state index contributed by atoms with van der Waals surface area (Å²) < 4.78 is 1.87. The predicted molar refractivity (Wildman–Crippen MR) is 76.1 cm³/mol. The monoisotopic (exact) mass is 274 g/mol. The molecule has 0 aliphatic carbocycles. The van der Waals surface area contributed by atoms with Crippen LogP contribution in [-0.2, 0) is 13.1 Å². The van der Waals surface area contributed by atoms with Crippen molar-refractivity contribution in [2.24, 2.45) is 0 Å². The molecular formula is C14H15ClN4. The van der Waals surface area contributed by atoms with Crippen LogP contribution in [0.15, 0.2) is 24.3 Å². The normalized spacial score (nSPS) is 10.2. The van der Waals surface area contributed by atoms with Gasteiger partial charge in [0.1, 0.15) is 6.07 Å². The van der Waals surface area contributed by atoms with Gasteiger partial charge in [-0.05, 0) is 26.0 Å². The fourth-order valence-electron chi connectivity index (χ4n) is 1.95. The Kier molecular flexibility index (Phi) is 4.08. The summed E-state index contributed by atoms with van der Waals surface area (Å²) in [5, 5.41) is 17.3. The first-order valence-electron chi connectivity index (χ1n) is 6.12. The van der Waals surface area contributed by atoms with E-state index in [0.717, 1.165) is 23.6 Å². The number of hydrogen-bond donors (Lipinski definition) is 1. The minimum atomic E-state index is 0.548. The molecule has 0 aliphatic heterocycles. The summed E-state index contributed by atoms with van der Waals surface area (Å²) in [5.41, 5.74) is 3.20. The maximum absolute atomic E-state index is 9.04. The molecule has 1 aromatic heterocycles. The number of benzene rings is 1. The summed E-state index contributed by atoms with van der Waals surface area (Å²) in [5.74, 6) is 0. The maximum Gasteiger partial charge on any atom is 0.101 e. The molecule has 0 spiro atoms. The van der Waals surface area contributed by atoms with Crippen molar-refractivity contribution in [1.82, 2.24) is 9.78 Å². The molecule has 19 heavy (non-hydrogen) atoms. The predicted octanol–water partition coefficient (Wildman–Crippen LogP) is 3.35. The highest BCUT2D eigenvalue weighted by atomic mass is 35.5. The lowest BCUT2D eigenvalue weighted by Gasteiger charge is -2.09. The molecule has 2 aromatic rings. The molecule has 0 amide bonds. The van der Waals surface area contributed by atoms with Crippen molar-refractivity contribution in [3.63, 3.8) is 0 Å². The van der Waals surface area contributed by atoms with E-state index in [-0.39, 0.29) is 0 Å². The Labute approximate surface area is 117 Å². The maximum atomic E-state index is 9.04. The molecule has 0 unspecified atom stereocenters. The number of nitriles is 1. The van der Waals surface area contributed by atoms with Gasteiger partial charge in [-0.15, -0.1) is 0 Å². The number of aryl methyl sites for hydroxylation is 2. The zero-order valence-corrected chi connectivity index (χ0v) is 11.7. The summed E-state index contributed by atoms with van der Waals surface area (Å²) >= 11 is 6.24. The van der Waals surface area contributed by atoms with Crippen molar-refractivity contribution in [3.8, 4) is 6.07 Å². The second kappa shape index (κ2) is 5.77. The van der Waals surface area contributed by atoms with Crippen LogP contribution < -0.4 is 5.32 Å². The van der Waals surface area contributed by atoms with Crippen molar-refractivity contribution in [2.45, 2.75) is 26.9 Å². The van der Waals surface area contributed by atoms with Crippen LogP contribution in [0.2, 0.25) is 5.02 Å². The van der Waals surface area contributed by atoms with Crippen LogP contribution in [0.1, 0.15) is 23.9 Å². The van der Waals surface area contributed by atoms with Crippen molar-refractivity contribution in [2.75, 3.05) is 5.32 Å². The van der Waals surface area contributed by atoms with E-state index in [1.807, 2.05) is 36.7 Å². The van der Waals surface area contributed by atoms with Gasteiger partial charge in [-0.1, -0.05) is 23.7 Å². The number of para-hydroxylation sites is 1. The average molecular weight is 275 g/mol. The van der Waals surface area contributed by atoms with Crippen molar-refractivity contribution in [3.05, 3.63) is 46.2 Å². The first-order chi connectivity index (χ1) is 9.17. The Morgan fingerprint density at radius 3 is 2.84 bits per heavy atom. The lowest BCUT2D eigenvalue weighted by Crippen LogP contribution is -2.09. The molecule has 0 bridgehead atoms. The number of rotatable bonds is 4. The van der Waals surface area contributed by atoms with Gasteiger partial charge < -0.3 is 5.32 Å². The molecule has 5 heteroatoms. The van der Waals surface area contributed by atoms with Crippen LogP contribution >= 0.6 is 11.6 Å². The second-order valence-electron chi connectivity index (χ2n) is 4.17. The van der Waals surface area contributed by atoms with Crippen molar-refractivity contribution < 1.29 is 0 Å². The Hall–Kier alpha value is -1.99. The van der Waals surface area contributed by atoms with Crippen LogP contribution in [0.3, 0.4) is 0 Å². The highest BCUT2D eigenvalue weighted by Gasteiger charge is 2.12. The molecule has 0 saturated carbocycles. The van der Waals surface area contributed by atoms with Gasteiger partial charge in [-0.3, -0.25) is 4.68 Å². The lowest BCUT2D eigenvalue weighted by molar-refractivity contribution is 0.623. The summed E-state index contributed by atoms with van der Waals surface area (Å²) in [6, 6.07) is 9.57. The van der Waals surface area contributed by atoms with E-state index in [1.165, 1.54) is 0 Å². The Bertz CT molecular complexity index is 625. The SMILES string of the molecule is CCn1nc(C)c(Cl)c1CNc1ccccc1C#N. The van der Waals surface area contributed by atoms with E-state index in [9.17, 15) is 0 Å². The fourth-order valence-corrected chi connectivity index (χ4v) is 2.15. The molecule has 1 aromatic carbocycles. The summed E-state index contributed by atoms with van der Waals surface area (Å²) in [6.45, 7) is 5.23. The third-order valence-corrected chi connectivity index (χ3v) is 3.44. The third kappa shape index (κ3) is 2.72. The number of hydrogen-bond acceptors (Lipinski definition) is 3. The highest BCUT2D eigenvalue weighted by molar-refractivity contribution is 6.31. The zero-order valence-electron chi connectivity index (χ0n) is 10.9. The molecule has 98 valence electrons. The van der Waals surface area contributed by atoms with E-state index >= 15 is 0 Å². The first-order valence-corrected chi connectivity index (χ1v) is 6.50. The topological polar surface area (TPSA) is 53.6 Å². The number of nitrogens with one attached hydrogen (secondary N) is 1. The van der Waals surface area contributed by atoms with Crippen molar-refractivity contribution >= 4 is 17.3 Å². The van der Waals surface area contributed by atoms with Gasteiger partial charge in [-0.25, -0.2) is 0 Å². The Balaban J connectivity index is 2.22. The Morgan fingerprint density at radius 2 is 2.16 bits per heavy atom. The molecular weight excluding hydrogens is 260 g/mol. The van der Waals surface area contributed by atoms with E-state index in [0.29, 0.717) is 17.1 Å². The average Bonchev–Trinajstić information content (AvgIpc) is 2.72. The fraction of sp³-hybridized carbons (Fsp3) is 0.286. The summed E-state index contributed by atoms with van der Waals surface area (Å²) in [4.78, 5) is 0. The molecule has 0 aliphatic rings. The standard InChI is InChI=1S/C14H15ClN4/c1-3-19-13(14(15)10(2)18-19)9-17-12-7-5-4-6-11(12)8-16/h4-7,17H,3,9H2,1-2H3. The highest BCUT2D eigenvalue weighted by Crippen LogP contribution is 2.22. The van der Waals surface area contributed by atoms with E-state index < -0.39 is 0 Å². The zero-order chi connectivity index (χ0) is 13.8. The Morgan fingerprint density at radius 1 is 1.42 bits per heavy atom. The van der Waals surface area contributed by atoms with Crippen LogP contribution in [0.5, 0.6) is 0 Å². The van der Waals surface area contributed by atoms with Gasteiger partial charge in [0.15, 0.2) is 0 Å². The minimum Gasteiger partial charge on any atom is -0.378 e. The van der Waals surface area contributed by atoms with Crippen LogP contribution in [0.4, 0.5) is 5.69 Å². The first kappa shape index (κ1) is 13.4. The van der Waals surface area contributed by atoms with Crippen LogP contribution in [-0.4, -0.2) is 9.78 Å². The molecule has 0 saturated heterocycles. The van der Waals surface area contributed by atoms with Gasteiger partial charge >= 0.3 is 0 Å². The summed E-state index contributed by atoms with van der Waals surface area (Å²) in [6.07, 6.45) is 0. The third-order valence-electron chi connectivity index (χ3n) is 2.95. The van der Waals surface area contributed by atoms with Gasteiger partial charge in [0.2, 0.25) is 0 Å². The smallest absolute Gasteiger partial charge is 0.101 e. The second-order valence-corrected chi connectivity index (χ2v) is 4.55. The van der Waals surface area contributed by atoms with E-state index in [2.05, 4.69) is 16.5 Å². The molecule has 2 rings (SSSR count). The van der Waals surface area contributed by atoms with Crippen LogP contribution in [0.25, 0.3) is 0 Å². The molecule has 0 radical (unpaired) electrons.